The normalized spacial score (nSPS) is 11.5. The molecule has 0 heterocycles. The fourth-order valence-electron chi connectivity index (χ4n) is 1.78. The molecule has 2 rings (SSSR count). The first kappa shape index (κ1) is 17.1. The van der Waals surface area contributed by atoms with Crippen molar-refractivity contribution < 1.29 is 39.1 Å². The van der Waals surface area contributed by atoms with Crippen molar-refractivity contribution >= 4 is 0 Å². The van der Waals surface area contributed by atoms with E-state index in [9.17, 15) is 13.2 Å². The number of alkyl halides is 3. The molecule has 0 fully saturated rings. The van der Waals surface area contributed by atoms with Crippen LogP contribution >= 0.6 is 0 Å². The van der Waals surface area contributed by atoms with Gasteiger partial charge in [0.1, 0.15) is 5.75 Å². The first-order valence-electron chi connectivity index (χ1n) is 7.04. The number of hydrogen-bond acceptors (Lipinski definition) is 1. The summed E-state index contributed by atoms with van der Waals surface area (Å²) in [5.41, 5.74) is -0.579. The van der Waals surface area contributed by atoms with Gasteiger partial charge in [-0.15, -0.1) is 0 Å². The van der Waals surface area contributed by atoms with Crippen LogP contribution in [0, 0.1) is 7.14 Å². The Kier molecular flexibility index (Phi) is 6.11. The quantitative estimate of drug-likeness (QED) is 0.513. The molecule has 1 nitrogen and oxygen atoms in total. The molecule has 22 heavy (non-hydrogen) atoms. The molecule has 0 N–H and O–H groups in total. The molecule has 0 aliphatic heterocycles. The molecule has 0 aliphatic rings. The van der Waals surface area contributed by atoms with Gasteiger partial charge < -0.3 is 4.74 Å². The highest BCUT2D eigenvalue weighted by atomic mass is 127. The molecule has 0 bridgehead atoms. The lowest BCUT2D eigenvalue weighted by atomic mass is 10.2. The van der Waals surface area contributed by atoms with Crippen LogP contribution in [0.15, 0.2) is 48.5 Å². The Bertz CT molecular complexity index is 594. The van der Waals surface area contributed by atoms with Gasteiger partial charge in [0.2, 0.25) is 0 Å². The molecule has 2 aromatic rings. The Balaban J connectivity index is 2.02. The summed E-state index contributed by atoms with van der Waals surface area (Å²) in [4.78, 5) is 0. The summed E-state index contributed by atoms with van der Waals surface area (Å²) < 4.78 is 45.5. The second-order valence-electron chi connectivity index (χ2n) is 4.76. The summed E-state index contributed by atoms with van der Waals surface area (Å²) in [6.07, 6.45) is -2.19. The molecular weight excluding hydrogens is 404 g/mol. The van der Waals surface area contributed by atoms with Gasteiger partial charge in [-0.2, -0.15) is 13.2 Å². The van der Waals surface area contributed by atoms with E-state index < -0.39 is 32.9 Å². The zero-order valence-corrected chi connectivity index (χ0v) is 14.3. The molecule has 0 radical (unpaired) electrons. The summed E-state index contributed by atoms with van der Waals surface area (Å²) in [6.45, 7) is 2.80. The van der Waals surface area contributed by atoms with Crippen molar-refractivity contribution in [2.24, 2.45) is 0 Å². The van der Waals surface area contributed by atoms with Crippen LogP contribution in [0.5, 0.6) is 5.75 Å². The largest absolute Gasteiger partial charge is 0.494 e. The van der Waals surface area contributed by atoms with E-state index in [-0.39, 0.29) is 0 Å². The fraction of sp³-hybridized carbons (Fsp3) is 0.294. The molecule has 2 aromatic carbocycles. The van der Waals surface area contributed by atoms with E-state index >= 15 is 0 Å². The Morgan fingerprint density at radius 2 is 1.73 bits per heavy atom. The van der Waals surface area contributed by atoms with Crippen molar-refractivity contribution in [3.8, 4) is 5.75 Å². The molecule has 0 saturated carbocycles. The predicted molar refractivity (Wildman–Crippen MR) is 75.7 cm³/mol. The first-order valence-corrected chi connectivity index (χ1v) is 9.20. The van der Waals surface area contributed by atoms with Crippen LogP contribution < -0.4 is 25.9 Å². The lowest BCUT2D eigenvalue weighted by molar-refractivity contribution is -0.597. The molecule has 118 valence electrons. The molecule has 0 saturated heterocycles. The number of ether oxygens (including phenoxy) is 1. The maximum absolute atomic E-state index is 12.7. The van der Waals surface area contributed by atoms with Gasteiger partial charge in [0.05, 0.1) is 12.2 Å². The Morgan fingerprint density at radius 3 is 2.36 bits per heavy atom. The van der Waals surface area contributed by atoms with Crippen LogP contribution in [0.4, 0.5) is 13.2 Å². The predicted octanol–water partition coefficient (Wildman–Crippen LogP) is 2.01. The third-order valence-corrected chi connectivity index (χ3v) is 5.59. The topological polar surface area (TPSA) is 9.23 Å². The number of rotatable bonds is 6. The number of halogens is 4. The lowest BCUT2D eigenvalue weighted by Gasteiger charge is -2.05. The maximum Gasteiger partial charge on any atom is 0.416 e. The average molecular weight is 421 g/mol. The van der Waals surface area contributed by atoms with E-state index in [1.807, 2.05) is 24.3 Å². The Morgan fingerprint density at radius 1 is 1.00 bits per heavy atom. The summed E-state index contributed by atoms with van der Waals surface area (Å²) in [5.74, 6) is 0.810. The Hall–Kier alpha value is -1.24. The van der Waals surface area contributed by atoms with Gasteiger partial charge in [-0.25, -0.2) is 0 Å². The van der Waals surface area contributed by atoms with Gasteiger partial charge in [-0.3, -0.25) is 0 Å². The van der Waals surface area contributed by atoms with Crippen molar-refractivity contribution in [3.05, 3.63) is 61.2 Å². The smallest absolute Gasteiger partial charge is 0.416 e. The first-order chi connectivity index (χ1) is 10.5. The van der Waals surface area contributed by atoms with E-state index in [1.165, 1.54) is 12.1 Å². The van der Waals surface area contributed by atoms with Crippen molar-refractivity contribution in [2.75, 3.05) is 6.61 Å². The lowest BCUT2D eigenvalue weighted by Crippen LogP contribution is -3.61. The van der Waals surface area contributed by atoms with Crippen LogP contribution in [0.1, 0.15) is 25.3 Å². The third-order valence-electron chi connectivity index (χ3n) is 2.95. The minimum atomic E-state index is -4.28. The monoisotopic (exact) mass is 421 g/mol. The highest BCUT2D eigenvalue weighted by molar-refractivity contribution is 5.21. The minimum absolute atomic E-state index is 0.579. The van der Waals surface area contributed by atoms with Crippen LogP contribution in [-0.2, 0) is 6.18 Å². The van der Waals surface area contributed by atoms with Crippen molar-refractivity contribution in [1.29, 1.82) is 0 Å². The zero-order chi connectivity index (χ0) is 16.0. The van der Waals surface area contributed by atoms with Gasteiger partial charge in [-0.1, -0.05) is 19.4 Å². The summed E-state index contributed by atoms with van der Waals surface area (Å²) in [7, 11) is 0. The number of unbranched alkanes of at least 4 members (excludes halogenated alkanes) is 1. The van der Waals surface area contributed by atoms with Crippen LogP contribution in [0.2, 0.25) is 0 Å². The fourth-order valence-corrected chi connectivity index (χ4v) is 4.09. The van der Waals surface area contributed by atoms with Crippen molar-refractivity contribution in [1.82, 2.24) is 0 Å². The van der Waals surface area contributed by atoms with E-state index in [4.69, 9.17) is 4.74 Å². The molecule has 0 amide bonds. The molecular formula is C17H17F3IO+. The minimum Gasteiger partial charge on any atom is -0.494 e. The second kappa shape index (κ2) is 7.85. The standard InChI is InChI=1S/C17H17F3IO/c1-2-3-11-22-16-9-7-14(8-10-16)21-15-6-4-5-13(12-15)17(18,19)20/h4-10,12H,2-3,11H2,1H3/q+1. The number of hydrogen-bond donors (Lipinski definition) is 0. The molecule has 5 heteroatoms. The van der Waals surface area contributed by atoms with E-state index in [1.54, 1.807) is 6.07 Å². The van der Waals surface area contributed by atoms with E-state index in [2.05, 4.69) is 6.92 Å². The van der Waals surface area contributed by atoms with E-state index in [0.717, 1.165) is 31.8 Å². The summed E-state index contributed by atoms with van der Waals surface area (Å²) in [5, 5.41) is 0. The van der Waals surface area contributed by atoms with Crippen LogP contribution in [0.3, 0.4) is 0 Å². The summed E-state index contributed by atoms with van der Waals surface area (Å²) in [6, 6.07) is 13.2. The van der Waals surface area contributed by atoms with Crippen LogP contribution in [0.25, 0.3) is 0 Å². The molecule has 0 aliphatic carbocycles. The van der Waals surface area contributed by atoms with E-state index in [0.29, 0.717) is 6.61 Å². The number of benzene rings is 2. The average Bonchev–Trinajstić information content (AvgIpc) is 2.49. The maximum atomic E-state index is 12.7. The molecule has 0 spiro atoms. The van der Waals surface area contributed by atoms with Gasteiger partial charge in [0.25, 0.3) is 0 Å². The van der Waals surface area contributed by atoms with Crippen molar-refractivity contribution in [2.45, 2.75) is 25.9 Å². The van der Waals surface area contributed by atoms with Gasteiger partial charge in [0.15, 0.2) is 7.14 Å². The highest BCUT2D eigenvalue weighted by Crippen LogP contribution is 2.28. The van der Waals surface area contributed by atoms with Gasteiger partial charge in [-0.05, 0) is 42.8 Å². The van der Waals surface area contributed by atoms with Gasteiger partial charge in [0, 0.05) is 6.07 Å². The molecule has 0 unspecified atom stereocenters. The SMILES string of the molecule is CCCCOc1ccc([I+]c2cccc(C(F)(F)F)c2)cc1. The van der Waals surface area contributed by atoms with Crippen molar-refractivity contribution in [3.63, 3.8) is 0 Å². The van der Waals surface area contributed by atoms with Gasteiger partial charge >= 0.3 is 27.4 Å². The molecule has 0 aromatic heterocycles. The Labute approximate surface area is 138 Å². The summed E-state index contributed by atoms with van der Waals surface area (Å²) >= 11 is -0.622. The second-order valence-corrected chi connectivity index (χ2v) is 7.79. The zero-order valence-electron chi connectivity index (χ0n) is 12.2. The highest BCUT2D eigenvalue weighted by Gasteiger charge is 2.32. The van der Waals surface area contributed by atoms with Crippen LogP contribution in [-0.4, -0.2) is 6.61 Å². The third kappa shape index (κ3) is 5.19. The molecule has 0 atom stereocenters.